The second-order valence-corrected chi connectivity index (χ2v) is 21.1. The third-order valence-electron chi connectivity index (χ3n) is 6.44. The number of esters is 1. The van der Waals surface area contributed by atoms with Crippen molar-refractivity contribution in [2.24, 2.45) is 0 Å². The fraction of sp³-hybridized carbons (Fsp3) is 0.393. The molecule has 3 rings (SSSR count). The van der Waals surface area contributed by atoms with Crippen molar-refractivity contribution >= 4 is 114 Å². The second-order valence-electron chi connectivity index (χ2n) is 10.5. The number of carbonyl (C=O) groups excluding carboxylic acids is 3. The van der Waals surface area contributed by atoms with Crippen molar-refractivity contribution in [3.63, 3.8) is 0 Å². The van der Waals surface area contributed by atoms with E-state index in [4.69, 9.17) is 44.0 Å². The molecule has 0 radical (unpaired) electrons. The largest absolute Gasteiger partial charge is 0.438 e. The van der Waals surface area contributed by atoms with Gasteiger partial charge >= 0.3 is 5.97 Å². The summed E-state index contributed by atoms with van der Waals surface area (Å²) in [5.41, 5.74) is -0.908. The Balaban J connectivity index is 1.91. The summed E-state index contributed by atoms with van der Waals surface area (Å²) in [4.78, 5) is 39.7. The number of likely N-dealkylation sites (tertiary alicyclic amines) is 1. The van der Waals surface area contributed by atoms with E-state index in [2.05, 4.69) is 52.6 Å². The highest BCUT2D eigenvalue weighted by atomic mass is 79.9. The average Bonchev–Trinajstić information content (AvgIpc) is 2.90. The summed E-state index contributed by atoms with van der Waals surface area (Å²) in [5, 5.41) is 0.595. The highest BCUT2D eigenvalue weighted by Crippen LogP contribution is 2.52. The fourth-order valence-corrected chi connectivity index (χ4v) is 11.7. The molecule has 2 aromatic carbocycles. The number of hydrogen-bond donors (Lipinski definition) is 0. The van der Waals surface area contributed by atoms with Crippen LogP contribution in [0.25, 0.3) is 0 Å². The highest BCUT2D eigenvalue weighted by Gasteiger charge is 2.62. The van der Waals surface area contributed by atoms with Gasteiger partial charge in [-0.15, -0.1) is 0 Å². The van der Waals surface area contributed by atoms with Crippen LogP contribution < -0.4 is 10.4 Å². The molecule has 222 valence electrons. The van der Waals surface area contributed by atoms with Crippen molar-refractivity contribution in [3.8, 4) is 0 Å². The number of ether oxygens (including phenoxy) is 1. The van der Waals surface area contributed by atoms with Gasteiger partial charge < -0.3 is 9.16 Å². The maximum atomic E-state index is 13.5. The average molecular weight is 787 g/mol. The lowest BCUT2D eigenvalue weighted by molar-refractivity contribution is -0.150. The van der Waals surface area contributed by atoms with E-state index in [-0.39, 0.29) is 22.5 Å². The van der Waals surface area contributed by atoms with Crippen molar-refractivity contribution < 1.29 is 23.5 Å². The van der Waals surface area contributed by atoms with E-state index in [1.807, 2.05) is 60.7 Å². The number of allylic oxidation sites excluding steroid dienone is 1. The molecule has 1 saturated heterocycles. The van der Waals surface area contributed by atoms with E-state index in [0.717, 1.165) is 22.1 Å². The minimum atomic E-state index is -2.97. The minimum absolute atomic E-state index is 0.0534. The molecule has 1 aliphatic heterocycles. The van der Waals surface area contributed by atoms with E-state index in [0.29, 0.717) is 5.57 Å². The van der Waals surface area contributed by atoms with Gasteiger partial charge in [-0.25, -0.2) is 4.79 Å². The van der Waals surface area contributed by atoms with Crippen LogP contribution >= 0.6 is 78.4 Å². The molecule has 1 fully saturated rings. The van der Waals surface area contributed by atoms with Gasteiger partial charge in [0.15, 0.2) is 8.07 Å². The van der Waals surface area contributed by atoms with Crippen LogP contribution in [0.2, 0.25) is 5.04 Å². The lowest BCUT2D eigenvalue weighted by Gasteiger charge is -2.49. The Morgan fingerprint density at radius 3 is 1.90 bits per heavy atom. The van der Waals surface area contributed by atoms with Crippen LogP contribution in [0.1, 0.15) is 34.6 Å². The van der Waals surface area contributed by atoms with Gasteiger partial charge in [-0.1, -0.05) is 160 Å². The Hall–Kier alpha value is -0.853. The lowest BCUT2D eigenvalue weighted by Crippen LogP contribution is -2.68. The Bertz CT molecular complexity index is 1270. The van der Waals surface area contributed by atoms with Crippen LogP contribution in [0, 0.1) is 0 Å². The molecular formula is C28H30Br2Cl3NO5SSi. The summed E-state index contributed by atoms with van der Waals surface area (Å²) in [6, 6.07) is 19.9. The molecule has 13 heteroatoms. The van der Waals surface area contributed by atoms with Crippen LogP contribution in [0.4, 0.5) is 0 Å². The summed E-state index contributed by atoms with van der Waals surface area (Å²) < 4.78 is 10.6. The normalized spacial score (nSPS) is 17.6. The number of alkyl halides is 5. The molecule has 0 aromatic heterocycles. The van der Waals surface area contributed by atoms with Gasteiger partial charge in [0.25, 0.3) is 14.2 Å². The van der Waals surface area contributed by atoms with Crippen LogP contribution in [-0.4, -0.2) is 55.8 Å². The molecule has 0 saturated carbocycles. The van der Waals surface area contributed by atoms with Crippen molar-refractivity contribution in [2.75, 3.05) is 6.61 Å². The topological polar surface area (TPSA) is 72.9 Å². The number of carbonyl (C=O) groups is 3. The Kier molecular flexibility index (Phi) is 11.7. The number of thioether (sulfide) groups is 1. The smallest absolute Gasteiger partial charge is 0.356 e. The second kappa shape index (κ2) is 13.8. The molecule has 1 aliphatic rings. The molecule has 0 bridgehead atoms. The van der Waals surface area contributed by atoms with Gasteiger partial charge in [0.1, 0.15) is 17.7 Å². The first-order chi connectivity index (χ1) is 19.1. The van der Waals surface area contributed by atoms with Gasteiger partial charge in [0.05, 0.1) is 0 Å². The minimum Gasteiger partial charge on any atom is -0.438 e. The first-order valence-corrected chi connectivity index (χ1v) is 18.2. The van der Waals surface area contributed by atoms with Gasteiger partial charge in [-0.2, -0.15) is 0 Å². The first kappa shape index (κ1) is 34.6. The monoisotopic (exact) mass is 783 g/mol. The van der Waals surface area contributed by atoms with E-state index in [1.54, 1.807) is 13.8 Å². The predicted octanol–water partition coefficient (Wildman–Crippen LogP) is 6.68. The van der Waals surface area contributed by atoms with E-state index < -0.39 is 39.2 Å². The van der Waals surface area contributed by atoms with E-state index >= 15 is 0 Å². The fourth-order valence-electron chi connectivity index (χ4n) is 4.65. The number of β-lactam (4-membered cyclic amide) rings is 1. The molecular weight excluding hydrogens is 757 g/mol. The number of benzene rings is 2. The van der Waals surface area contributed by atoms with Crippen molar-refractivity contribution in [2.45, 2.75) is 58.7 Å². The van der Waals surface area contributed by atoms with Crippen molar-refractivity contribution in [1.82, 2.24) is 4.90 Å². The van der Waals surface area contributed by atoms with E-state index in [9.17, 15) is 14.4 Å². The number of halogens is 5. The summed E-state index contributed by atoms with van der Waals surface area (Å²) >= 11 is 25.0. The van der Waals surface area contributed by atoms with Crippen LogP contribution in [0.5, 0.6) is 0 Å². The Labute approximate surface area is 277 Å². The van der Waals surface area contributed by atoms with Gasteiger partial charge in [-0.05, 0) is 34.8 Å². The van der Waals surface area contributed by atoms with Crippen molar-refractivity contribution in [3.05, 3.63) is 71.9 Å². The zero-order valence-electron chi connectivity index (χ0n) is 23.0. The van der Waals surface area contributed by atoms with Crippen LogP contribution in [-0.2, 0) is 23.5 Å². The SMILES string of the molecule is CC(C)=C(C(=O)OC(Cl)C(Cl)Cl)N1C(=O)C(Br)(Br)[C@H]1SC(=O)CO[Si](c1ccccc1)(c1ccccc1)C(C)(C)C. The number of amides is 1. The molecule has 0 N–H and O–H groups in total. The number of hydrogen-bond acceptors (Lipinski definition) is 6. The molecule has 0 aliphatic carbocycles. The molecule has 1 amide bonds. The highest BCUT2D eigenvalue weighted by molar-refractivity contribution is 9.26. The van der Waals surface area contributed by atoms with Gasteiger partial charge in [0, 0.05) is 0 Å². The van der Waals surface area contributed by atoms with Crippen LogP contribution in [0.3, 0.4) is 0 Å². The predicted molar refractivity (Wildman–Crippen MR) is 177 cm³/mol. The standard InChI is InChI=1S/C28H30Br2Cl3NO5SSi/c1-17(2)21(24(36)39-23(33)22(31)32)34-25(37)28(29,30)26(34)40-20(35)16-38-41(27(3,4)5,18-12-8-6-9-13-18)19-14-10-7-11-15-19/h6-15,22-23,26H,16H2,1-5H3/t23?,26-/m1/s1. The summed E-state index contributed by atoms with van der Waals surface area (Å²) in [6.07, 6.45) is 0. The molecule has 2 aromatic rings. The molecule has 1 unspecified atom stereocenters. The molecule has 41 heavy (non-hydrogen) atoms. The first-order valence-electron chi connectivity index (χ1n) is 12.5. The quantitative estimate of drug-likeness (QED) is 0.0881. The molecule has 6 nitrogen and oxygen atoms in total. The molecule has 1 heterocycles. The third kappa shape index (κ3) is 7.28. The van der Waals surface area contributed by atoms with Crippen LogP contribution in [0.15, 0.2) is 71.9 Å². The summed E-state index contributed by atoms with van der Waals surface area (Å²) in [5.74, 6) is -1.37. The van der Waals surface area contributed by atoms with E-state index in [1.165, 1.54) is 4.90 Å². The Morgan fingerprint density at radius 2 is 1.49 bits per heavy atom. The molecule has 2 atom stereocenters. The van der Waals surface area contributed by atoms with Crippen molar-refractivity contribution in [1.29, 1.82) is 0 Å². The zero-order valence-corrected chi connectivity index (χ0v) is 30.3. The lowest BCUT2D eigenvalue weighted by atomic mass is 10.1. The number of rotatable bonds is 10. The van der Waals surface area contributed by atoms with Gasteiger partial charge in [0.2, 0.25) is 10.7 Å². The Morgan fingerprint density at radius 1 is 1.00 bits per heavy atom. The summed E-state index contributed by atoms with van der Waals surface area (Å²) in [6.45, 7) is 9.43. The maximum Gasteiger partial charge on any atom is 0.356 e. The summed E-state index contributed by atoms with van der Waals surface area (Å²) in [7, 11) is -2.97. The van der Waals surface area contributed by atoms with Gasteiger partial charge in [-0.3, -0.25) is 14.5 Å². The zero-order chi connectivity index (χ0) is 30.8. The number of nitrogens with zero attached hydrogens (tertiary/aromatic N) is 1. The maximum absolute atomic E-state index is 13.5. The molecule has 0 spiro atoms. The third-order valence-corrected chi connectivity index (χ3v) is 15.8.